The van der Waals surface area contributed by atoms with Crippen molar-refractivity contribution >= 4 is 15.9 Å². The van der Waals surface area contributed by atoms with E-state index in [1.165, 1.54) is 6.42 Å². The Morgan fingerprint density at radius 3 is 2.62 bits per heavy atom. The molecule has 0 amide bonds. The fourth-order valence-corrected chi connectivity index (χ4v) is 2.47. The molecule has 2 aromatic rings. The van der Waals surface area contributed by atoms with Gasteiger partial charge in [-0.25, -0.2) is 0 Å². The third-order valence-corrected chi connectivity index (χ3v) is 4.04. The van der Waals surface area contributed by atoms with Gasteiger partial charge in [-0.15, -0.1) is 10.2 Å². The summed E-state index contributed by atoms with van der Waals surface area (Å²) in [5.74, 6) is 1.91. The Morgan fingerprint density at radius 2 is 1.90 bits per heavy atom. The first-order chi connectivity index (χ1) is 10.1. The minimum atomic E-state index is 0.450. The molecule has 21 heavy (non-hydrogen) atoms. The van der Waals surface area contributed by atoms with E-state index in [1.807, 2.05) is 24.3 Å². The zero-order valence-electron chi connectivity index (χ0n) is 12.8. The number of rotatable bonds is 7. The second-order valence-electron chi connectivity index (χ2n) is 5.73. The molecule has 2 rings (SSSR count). The van der Waals surface area contributed by atoms with E-state index in [1.54, 1.807) is 0 Å². The van der Waals surface area contributed by atoms with Crippen LogP contribution in [0.15, 0.2) is 33.2 Å². The van der Waals surface area contributed by atoms with Gasteiger partial charge < -0.3 is 9.73 Å². The van der Waals surface area contributed by atoms with E-state index in [-0.39, 0.29) is 0 Å². The standard InChI is InChI=1S/C16H22BrN3O/c1-11(2)8-9-12(3)18-10-15-19-20-16(21-15)13-6-4-5-7-14(13)17/h4-7,11-12,18H,8-10H2,1-3H3. The van der Waals surface area contributed by atoms with Gasteiger partial charge in [0.15, 0.2) is 0 Å². The van der Waals surface area contributed by atoms with Gasteiger partial charge in [-0.3, -0.25) is 0 Å². The number of aromatic nitrogens is 2. The quantitative estimate of drug-likeness (QED) is 0.802. The molecule has 1 aromatic carbocycles. The molecule has 1 unspecified atom stereocenters. The van der Waals surface area contributed by atoms with Crippen LogP contribution < -0.4 is 5.32 Å². The Morgan fingerprint density at radius 1 is 1.14 bits per heavy atom. The van der Waals surface area contributed by atoms with Crippen LogP contribution in [0, 0.1) is 5.92 Å². The van der Waals surface area contributed by atoms with Crippen molar-refractivity contribution in [1.29, 1.82) is 0 Å². The Kier molecular flexibility index (Phi) is 5.94. The van der Waals surface area contributed by atoms with Crippen LogP contribution in [0.3, 0.4) is 0 Å². The molecule has 4 nitrogen and oxygen atoms in total. The van der Waals surface area contributed by atoms with Gasteiger partial charge in [0.2, 0.25) is 11.8 Å². The van der Waals surface area contributed by atoms with Crippen molar-refractivity contribution in [2.75, 3.05) is 0 Å². The fraction of sp³-hybridized carbons (Fsp3) is 0.500. The molecule has 0 bridgehead atoms. The summed E-state index contributed by atoms with van der Waals surface area (Å²) < 4.78 is 6.67. The maximum Gasteiger partial charge on any atom is 0.248 e. The predicted octanol–water partition coefficient (Wildman–Crippen LogP) is 4.41. The molecule has 5 heteroatoms. The van der Waals surface area contributed by atoms with Gasteiger partial charge in [0.05, 0.1) is 12.1 Å². The van der Waals surface area contributed by atoms with Crippen LogP contribution in [0.25, 0.3) is 11.5 Å². The maximum absolute atomic E-state index is 5.71. The molecule has 0 aliphatic rings. The van der Waals surface area contributed by atoms with E-state index in [2.05, 4.69) is 52.2 Å². The lowest BCUT2D eigenvalue weighted by Gasteiger charge is -2.13. The largest absolute Gasteiger partial charge is 0.419 e. The lowest BCUT2D eigenvalue weighted by Crippen LogP contribution is -2.25. The molecule has 0 radical (unpaired) electrons. The highest BCUT2D eigenvalue weighted by Crippen LogP contribution is 2.26. The van der Waals surface area contributed by atoms with Gasteiger partial charge in [0.1, 0.15) is 0 Å². The highest BCUT2D eigenvalue weighted by molar-refractivity contribution is 9.10. The van der Waals surface area contributed by atoms with Crippen LogP contribution in [0.5, 0.6) is 0 Å². The van der Waals surface area contributed by atoms with Gasteiger partial charge >= 0.3 is 0 Å². The number of benzene rings is 1. The molecule has 0 saturated carbocycles. The van der Waals surface area contributed by atoms with Gasteiger partial charge in [0, 0.05) is 10.5 Å². The summed E-state index contributed by atoms with van der Waals surface area (Å²) in [6.07, 6.45) is 2.38. The van der Waals surface area contributed by atoms with Crippen molar-refractivity contribution < 1.29 is 4.42 Å². The minimum Gasteiger partial charge on any atom is -0.419 e. The molecule has 0 fully saturated rings. The van der Waals surface area contributed by atoms with Crippen molar-refractivity contribution in [3.63, 3.8) is 0 Å². The molecular weight excluding hydrogens is 330 g/mol. The van der Waals surface area contributed by atoms with Crippen LogP contribution in [0.1, 0.15) is 39.5 Å². The molecule has 0 aliphatic heterocycles. The monoisotopic (exact) mass is 351 g/mol. The molecule has 0 spiro atoms. The van der Waals surface area contributed by atoms with Crippen molar-refractivity contribution in [2.24, 2.45) is 5.92 Å². The summed E-state index contributed by atoms with van der Waals surface area (Å²) in [6, 6.07) is 8.29. The molecular formula is C16H22BrN3O. The number of hydrogen-bond donors (Lipinski definition) is 1. The maximum atomic E-state index is 5.71. The average molecular weight is 352 g/mol. The highest BCUT2D eigenvalue weighted by atomic mass is 79.9. The van der Waals surface area contributed by atoms with E-state index < -0.39 is 0 Å². The number of nitrogens with one attached hydrogen (secondary N) is 1. The Hall–Kier alpha value is -1.20. The SMILES string of the molecule is CC(C)CCC(C)NCc1nnc(-c2ccccc2Br)o1. The second-order valence-corrected chi connectivity index (χ2v) is 6.59. The van der Waals surface area contributed by atoms with E-state index in [4.69, 9.17) is 4.42 Å². The van der Waals surface area contributed by atoms with Crippen LogP contribution in [-0.2, 0) is 6.54 Å². The average Bonchev–Trinajstić information content (AvgIpc) is 2.92. The number of hydrogen-bond acceptors (Lipinski definition) is 4. The topological polar surface area (TPSA) is 51.0 Å². The zero-order chi connectivity index (χ0) is 15.2. The predicted molar refractivity (Wildman–Crippen MR) is 87.8 cm³/mol. The molecule has 1 heterocycles. The molecule has 0 saturated heterocycles. The summed E-state index contributed by atoms with van der Waals surface area (Å²) in [5, 5.41) is 11.6. The summed E-state index contributed by atoms with van der Waals surface area (Å²) in [7, 11) is 0. The van der Waals surface area contributed by atoms with Crippen LogP contribution >= 0.6 is 15.9 Å². The van der Waals surface area contributed by atoms with Gasteiger partial charge in [-0.1, -0.05) is 26.0 Å². The summed E-state index contributed by atoms with van der Waals surface area (Å²) in [5.41, 5.74) is 0.920. The summed E-state index contributed by atoms with van der Waals surface area (Å²) in [6.45, 7) is 7.29. The van der Waals surface area contributed by atoms with Crippen LogP contribution in [0.2, 0.25) is 0 Å². The van der Waals surface area contributed by atoms with Crippen molar-refractivity contribution in [2.45, 2.75) is 46.2 Å². The van der Waals surface area contributed by atoms with Crippen molar-refractivity contribution in [1.82, 2.24) is 15.5 Å². The minimum absolute atomic E-state index is 0.450. The molecule has 1 atom stereocenters. The smallest absolute Gasteiger partial charge is 0.248 e. The Labute approximate surface area is 134 Å². The normalized spacial score (nSPS) is 12.8. The lowest BCUT2D eigenvalue weighted by molar-refractivity contribution is 0.414. The first-order valence-corrected chi connectivity index (χ1v) is 8.16. The zero-order valence-corrected chi connectivity index (χ0v) is 14.4. The van der Waals surface area contributed by atoms with E-state index >= 15 is 0 Å². The third-order valence-electron chi connectivity index (χ3n) is 3.35. The summed E-state index contributed by atoms with van der Waals surface area (Å²) in [4.78, 5) is 0. The molecule has 1 N–H and O–H groups in total. The van der Waals surface area contributed by atoms with Gasteiger partial charge in [-0.05, 0) is 53.7 Å². The number of halogens is 1. The first-order valence-electron chi connectivity index (χ1n) is 7.37. The second kappa shape index (κ2) is 7.71. The molecule has 114 valence electrons. The third kappa shape index (κ3) is 4.93. The van der Waals surface area contributed by atoms with Crippen molar-refractivity contribution in [3.8, 4) is 11.5 Å². The van der Waals surface area contributed by atoms with Gasteiger partial charge in [0.25, 0.3) is 0 Å². The van der Waals surface area contributed by atoms with Gasteiger partial charge in [-0.2, -0.15) is 0 Å². The van der Waals surface area contributed by atoms with Crippen LogP contribution in [0.4, 0.5) is 0 Å². The van der Waals surface area contributed by atoms with E-state index in [0.29, 0.717) is 24.4 Å². The fourth-order valence-electron chi connectivity index (χ4n) is 2.02. The number of nitrogens with zero attached hydrogens (tertiary/aromatic N) is 2. The highest BCUT2D eigenvalue weighted by Gasteiger charge is 2.12. The van der Waals surface area contributed by atoms with Crippen molar-refractivity contribution in [3.05, 3.63) is 34.6 Å². The molecule has 1 aromatic heterocycles. The van der Waals surface area contributed by atoms with Crippen LogP contribution in [-0.4, -0.2) is 16.2 Å². The van der Waals surface area contributed by atoms with E-state index in [9.17, 15) is 0 Å². The Balaban J connectivity index is 1.90. The molecule has 0 aliphatic carbocycles. The van der Waals surface area contributed by atoms with E-state index in [0.717, 1.165) is 22.4 Å². The lowest BCUT2D eigenvalue weighted by atomic mass is 10.0. The Bertz CT molecular complexity index is 568. The first kappa shape index (κ1) is 16.2. The summed E-state index contributed by atoms with van der Waals surface area (Å²) >= 11 is 3.50.